The molecule has 0 radical (unpaired) electrons. The molecule has 2 atom stereocenters. The minimum Gasteiger partial charge on any atom is -0.489 e. The second-order valence-corrected chi connectivity index (χ2v) is 5.44. The Bertz CT molecular complexity index is 392. The average Bonchev–Trinajstić information content (AvgIpc) is 2.41. The second kappa shape index (κ2) is 6.44. The summed E-state index contributed by atoms with van der Waals surface area (Å²) in [6.07, 6.45) is 6.39. The van der Waals surface area contributed by atoms with Crippen LogP contribution in [-0.4, -0.2) is 11.2 Å². The molecule has 1 fully saturated rings. The SMILES string of the molecule is CCC1CCCCC1Oc1ccc(CO)cc1Cl. The molecule has 0 bridgehead atoms. The van der Waals surface area contributed by atoms with E-state index in [2.05, 4.69) is 6.92 Å². The lowest BCUT2D eigenvalue weighted by Crippen LogP contribution is -2.30. The molecular formula is C15H21ClO2. The summed E-state index contributed by atoms with van der Waals surface area (Å²) in [5.74, 6) is 1.39. The van der Waals surface area contributed by atoms with Gasteiger partial charge in [-0.05, 0) is 49.3 Å². The average molecular weight is 269 g/mol. The summed E-state index contributed by atoms with van der Waals surface area (Å²) in [5, 5.41) is 9.65. The highest BCUT2D eigenvalue weighted by molar-refractivity contribution is 6.32. The lowest BCUT2D eigenvalue weighted by atomic mass is 9.85. The molecule has 0 amide bonds. The normalized spacial score (nSPS) is 23.9. The van der Waals surface area contributed by atoms with E-state index in [1.807, 2.05) is 12.1 Å². The molecule has 1 saturated carbocycles. The van der Waals surface area contributed by atoms with E-state index in [-0.39, 0.29) is 6.61 Å². The Labute approximate surface area is 114 Å². The Morgan fingerprint density at radius 3 is 2.78 bits per heavy atom. The van der Waals surface area contributed by atoms with Crippen molar-refractivity contribution >= 4 is 11.6 Å². The maximum Gasteiger partial charge on any atom is 0.138 e. The quantitative estimate of drug-likeness (QED) is 0.888. The van der Waals surface area contributed by atoms with Crippen molar-refractivity contribution in [1.82, 2.24) is 0 Å². The van der Waals surface area contributed by atoms with E-state index in [4.69, 9.17) is 21.4 Å². The van der Waals surface area contributed by atoms with E-state index in [1.165, 1.54) is 19.3 Å². The van der Waals surface area contributed by atoms with Gasteiger partial charge in [0.2, 0.25) is 0 Å². The molecule has 0 aromatic heterocycles. The molecule has 0 heterocycles. The van der Waals surface area contributed by atoms with Crippen LogP contribution >= 0.6 is 11.6 Å². The molecular weight excluding hydrogens is 248 g/mol. The summed E-state index contributed by atoms with van der Waals surface area (Å²) in [7, 11) is 0. The summed E-state index contributed by atoms with van der Waals surface area (Å²) < 4.78 is 6.08. The molecule has 2 nitrogen and oxygen atoms in total. The summed E-state index contributed by atoms with van der Waals surface area (Å²) >= 11 is 6.18. The lowest BCUT2D eigenvalue weighted by molar-refractivity contribution is 0.0904. The van der Waals surface area contributed by atoms with Gasteiger partial charge < -0.3 is 9.84 Å². The highest BCUT2D eigenvalue weighted by Gasteiger charge is 2.25. The fourth-order valence-corrected chi connectivity index (χ4v) is 2.94. The maximum atomic E-state index is 9.06. The Morgan fingerprint density at radius 1 is 1.33 bits per heavy atom. The molecule has 1 aromatic rings. The van der Waals surface area contributed by atoms with Gasteiger partial charge in [0.1, 0.15) is 11.9 Å². The van der Waals surface area contributed by atoms with Gasteiger partial charge in [0.25, 0.3) is 0 Å². The first-order chi connectivity index (χ1) is 8.74. The Morgan fingerprint density at radius 2 is 2.11 bits per heavy atom. The van der Waals surface area contributed by atoms with Crippen LogP contribution in [0.25, 0.3) is 0 Å². The van der Waals surface area contributed by atoms with E-state index < -0.39 is 0 Å². The first-order valence-electron chi connectivity index (χ1n) is 6.80. The molecule has 1 aromatic carbocycles. The molecule has 100 valence electrons. The lowest BCUT2D eigenvalue weighted by Gasteiger charge is -2.31. The Hall–Kier alpha value is -0.730. The van der Waals surface area contributed by atoms with Crippen LogP contribution in [-0.2, 0) is 6.61 Å². The van der Waals surface area contributed by atoms with Crippen LogP contribution in [0.2, 0.25) is 5.02 Å². The third-order valence-corrected chi connectivity index (χ3v) is 4.12. The number of hydrogen-bond donors (Lipinski definition) is 1. The summed E-state index contributed by atoms with van der Waals surface area (Å²) in [5.41, 5.74) is 0.822. The molecule has 1 N–H and O–H groups in total. The van der Waals surface area contributed by atoms with Crippen molar-refractivity contribution in [2.75, 3.05) is 0 Å². The Kier molecular flexibility index (Phi) is 4.90. The van der Waals surface area contributed by atoms with Crippen LogP contribution in [0, 0.1) is 5.92 Å². The maximum absolute atomic E-state index is 9.06. The molecule has 2 rings (SSSR count). The van der Waals surface area contributed by atoms with Gasteiger partial charge >= 0.3 is 0 Å². The van der Waals surface area contributed by atoms with E-state index >= 15 is 0 Å². The zero-order chi connectivity index (χ0) is 13.0. The van der Waals surface area contributed by atoms with Gasteiger partial charge in [-0.1, -0.05) is 31.0 Å². The third-order valence-electron chi connectivity index (χ3n) is 3.82. The van der Waals surface area contributed by atoms with E-state index in [0.29, 0.717) is 17.0 Å². The summed E-state index contributed by atoms with van der Waals surface area (Å²) in [4.78, 5) is 0. The first kappa shape index (κ1) is 13.7. The molecule has 3 heteroatoms. The Balaban J connectivity index is 2.07. The predicted octanol–water partition coefficient (Wildman–Crippen LogP) is 4.18. The number of rotatable bonds is 4. The van der Waals surface area contributed by atoms with Gasteiger partial charge in [-0.2, -0.15) is 0 Å². The third kappa shape index (κ3) is 3.18. The summed E-state index contributed by atoms with van der Waals surface area (Å²) in [6, 6.07) is 5.51. The zero-order valence-electron chi connectivity index (χ0n) is 10.9. The van der Waals surface area contributed by atoms with E-state index in [1.54, 1.807) is 6.07 Å². The van der Waals surface area contributed by atoms with Crippen molar-refractivity contribution in [3.63, 3.8) is 0 Å². The van der Waals surface area contributed by atoms with Crippen molar-refractivity contribution in [3.8, 4) is 5.75 Å². The number of aliphatic hydroxyl groups excluding tert-OH is 1. The topological polar surface area (TPSA) is 29.5 Å². The number of benzene rings is 1. The van der Waals surface area contributed by atoms with Crippen molar-refractivity contribution in [3.05, 3.63) is 28.8 Å². The van der Waals surface area contributed by atoms with Crippen LogP contribution in [0.1, 0.15) is 44.6 Å². The van der Waals surface area contributed by atoms with Gasteiger partial charge in [0, 0.05) is 0 Å². The molecule has 2 unspecified atom stereocenters. The highest BCUT2D eigenvalue weighted by atomic mass is 35.5. The van der Waals surface area contributed by atoms with Crippen molar-refractivity contribution < 1.29 is 9.84 Å². The fourth-order valence-electron chi connectivity index (χ4n) is 2.70. The minimum atomic E-state index is 0.0149. The van der Waals surface area contributed by atoms with E-state index in [0.717, 1.165) is 24.2 Å². The van der Waals surface area contributed by atoms with Crippen LogP contribution < -0.4 is 4.74 Å². The van der Waals surface area contributed by atoms with Crippen LogP contribution in [0.4, 0.5) is 0 Å². The molecule has 1 aliphatic carbocycles. The molecule has 18 heavy (non-hydrogen) atoms. The van der Waals surface area contributed by atoms with Gasteiger partial charge in [-0.3, -0.25) is 0 Å². The molecule has 0 spiro atoms. The largest absolute Gasteiger partial charge is 0.489 e. The van der Waals surface area contributed by atoms with Gasteiger partial charge in [-0.15, -0.1) is 0 Å². The first-order valence-corrected chi connectivity index (χ1v) is 7.18. The van der Waals surface area contributed by atoms with E-state index in [9.17, 15) is 0 Å². The molecule has 0 aliphatic heterocycles. The monoisotopic (exact) mass is 268 g/mol. The fraction of sp³-hybridized carbons (Fsp3) is 0.600. The number of halogens is 1. The van der Waals surface area contributed by atoms with Crippen molar-refractivity contribution in [2.24, 2.45) is 5.92 Å². The van der Waals surface area contributed by atoms with Crippen LogP contribution in [0.15, 0.2) is 18.2 Å². The predicted molar refractivity (Wildman–Crippen MR) is 74.0 cm³/mol. The standard InChI is InChI=1S/C15H21ClO2/c1-2-12-5-3-4-6-14(12)18-15-8-7-11(10-17)9-13(15)16/h7-9,12,14,17H,2-6,10H2,1H3. The summed E-state index contributed by atoms with van der Waals surface area (Å²) in [6.45, 7) is 2.24. The van der Waals surface area contributed by atoms with Crippen LogP contribution in [0.5, 0.6) is 5.75 Å². The zero-order valence-corrected chi connectivity index (χ0v) is 11.6. The minimum absolute atomic E-state index is 0.0149. The molecule has 1 aliphatic rings. The molecule has 0 saturated heterocycles. The van der Waals surface area contributed by atoms with Crippen molar-refractivity contribution in [1.29, 1.82) is 0 Å². The number of hydrogen-bond acceptors (Lipinski definition) is 2. The number of ether oxygens (including phenoxy) is 1. The number of aliphatic hydroxyl groups is 1. The van der Waals surface area contributed by atoms with Gasteiger partial charge in [0.05, 0.1) is 11.6 Å². The van der Waals surface area contributed by atoms with Crippen LogP contribution in [0.3, 0.4) is 0 Å². The second-order valence-electron chi connectivity index (χ2n) is 5.03. The smallest absolute Gasteiger partial charge is 0.138 e. The van der Waals surface area contributed by atoms with Gasteiger partial charge in [-0.25, -0.2) is 0 Å². The van der Waals surface area contributed by atoms with Crippen molar-refractivity contribution in [2.45, 2.75) is 51.7 Å². The highest BCUT2D eigenvalue weighted by Crippen LogP contribution is 2.33. The van der Waals surface area contributed by atoms with Gasteiger partial charge in [0.15, 0.2) is 0 Å².